The van der Waals surface area contributed by atoms with Crippen LogP contribution < -0.4 is 5.32 Å². The SMILES string of the molecule is C[C@]1(O)C[C@H](NC(=O)CN2C[C@]3(C[C@@H]3F)c3c(ccc(C4CC4)c3F)C2=O)C1. The Balaban J connectivity index is 1.37. The van der Waals surface area contributed by atoms with Crippen LogP contribution in [0.25, 0.3) is 0 Å². The van der Waals surface area contributed by atoms with E-state index in [0.29, 0.717) is 18.4 Å². The molecule has 2 atom stereocenters. The molecule has 1 aromatic rings. The first-order valence-electron chi connectivity index (χ1n) is 9.98. The lowest BCUT2D eigenvalue weighted by atomic mass is 9.77. The molecule has 1 heterocycles. The van der Waals surface area contributed by atoms with Crippen LogP contribution in [0.5, 0.6) is 0 Å². The van der Waals surface area contributed by atoms with Crippen molar-refractivity contribution in [3.63, 3.8) is 0 Å². The lowest BCUT2D eigenvalue weighted by molar-refractivity contribution is -0.125. The zero-order chi connectivity index (χ0) is 19.8. The van der Waals surface area contributed by atoms with Crippen LogP contribution in [0, 0.1) is 5.82 Å². The Morgan fingerprint density at radius 3 is 2.57 bits per heavy atom. The fourth-order valence-electron chi connectivity index (χ4n) is 4.99. The van der Waals surface area contributed by atoms with E-state index in [2.05, 4.69) is 5.32 Å². The van der Waals surface area contributed by atoms with E-state index in [1.54, 1.807) is 19.1 Å². The van der Waals surface area contributed by atoms with Crippen LogP contribution in [-0.2, 0) is 10.2 Å². The minimum Gasteiger partial charge on any atom is -0.390 e. The number of carbonyl (C=O) groups is 2. The van der Waals surface area contributed by atoms with E-state index in [0.717, 1.165) is 12.8 Å². The summed E-state index contributed by atoms with van der Waals surface area (Å²) in [7, 11) is 0. The fourth-order valence-corrected chi connectivity index (χ4v) is 4.99. The number of halogens is 2. The highest BCUT2D eigenvalue weighted by molar-refractivity contribution is 6.00. The number of carbonyl (C=O) groups excluding carboxylic acids is 2. The molecule has 3 aliphatic carbocycles. The van der Waals surface area contributed by atoms with E-state index in [1.165, 1.54) is 4.90 Å². The van der Waals surface area contributed by atoms with Gasteiger partial charge in [-0.2, -0.15) is 0 Å². The molecule has 3 saturated carbocycles. The van der Waals surface area contributed by atoms with E-state index in [-0.39, 0.29) is 48.5 Å². The van der Waals surface area contributed by atoms with Gasteiger partial charge in [0.1, 0.15) is 12.0 Å². The van der Waals surface area contributed by atoms with Crippen molar-refractivity contribution in [2.75, 3.05) is 13.1 Å². The monoisotopic (exact) mass is 390 g/mol. The summed E-state index contributed by atoms with van der Waals surface area (Å²) in [5.74, 6) is -0.998. The lowest BCUT2D eigenvalue weighted by Crippen LogP contribution is -2.56. The molecule has 0 unspecified atom stereocenters. The number of nitrogens with zero attached hydrogens (tertiary/aromatic N) is 1. The molecular formula is C21H24F2N2O3. The third-order valence-electron chi connectivity index (χ3n) is 6.73. The van der Waals surface area contributed by atoms with Crippen LogP contribution in [0.1, 0.15) is 66.4 Å². The van der Waals surface area contributed by atoms with Crippen LogP contribution in [-0.4, -0.2) is 52.7 Å². The van der Waals surface area contributed by atoms with Crippen LogP contribution in [0.15, 0.2) is 12.1 Å². The van der Waals surface area contributed by atoms with Gasteiger partial charge in [0, 0.05) is 23.7 Å². The number of alkyl halides is 1. The third kappa shape index (κ3) is 2.74. The standard InChI is InChI=1S/C21H24F2N2O3/c1-20(28)6-12(7-20)24-16(26)9-25-10-21(8-15(21)22)17-14(19(25)27)5-4-13(18(17)23)11-2-3-11/h4-5,11-12,15,28H,2-3,6-10H2,1H3,(H,24,26)/t12-,15-,20-,21-/m0/s1. The highest BCUT2D eigenvalue weighted by atomic mass is 19.1. The van der Waals surface area contributed by atoms with Gasteiger partial charge in [0.25, 0.3) is 5.91 Å². The predicted octanol–water partition coefficient (Wildman–Crippen LogP) is 2.17. The molecule has 0 bridgehead atoms. The molecule has 5 nitrogen and oxygen atoms in total. The van der Waals surface area contributed by atoms with Gasteiger partial charge in [0.05, 0.1) is 17.6 Å². The number of benzene rings is 1. The van der Waals surface area contributed by atoms with E-state index in [1.807, 2.05) is 0 Å². The van der Waals surface area contributed by atoms with Crippen molar-refractivity contribution >= 4 is 11.8 Å². The van der Waals surface area contributed by atoms with Gasteiger partial charge in [-0.3, -0.25) is 9.59 Å². The Morgan fingerprint density at radius 2 is 2.00 bits per heavy atom. The minimum atomic E-state index is -1.20. The molecule has 1 spiro atoms. The summed E-state index contributed by atoms with van der Waals surface area (Å²) >= 11 is 0. The van der Waals surface area contributed by atoms with Crippen LogP contribution in [0.3, 0.4) is 0 Å². The second-order valence-electron chi connectivity index (χ2n) is 9.32. The first-order chi connectivity index (χ1) is 13.2. The van der Waals surface area contributed by atoms with Gasteiger partial charge < -0.3 is 15.3 Å². The number of amides is 2. The smallest absolute Gasteiger partial charge is 0.254 e. The summed E-state index contributed by atoms with van der Waals surface area (Å²) in [4.78, 5) is 26.6. The molecule has 150 valence electrons. The maximum Gasteiger partial charge on any atom is 0.254 e. The molecule has 5 rings (SSSR count). The lowest BCUT2D eigenvalue weighted by Gasteiger charge is -2.41. The van der Waals surface area contributed by atoms with Crippen molar-refractivity contribution in [3.8, 4) is 0 Å². The number of hydrogen-bond acceptors (Lipinski definition) is 3. The second kappa shape index (κ2) is 5.75. The van der Waals surface area contributed by atoms with Crippen molar-refractivity contribution in [1.29, 1.82) is 0 Å². The second-order valence-corrected chi connectivity index (χ2v) is 9.32. The molecule has 0 aromatic heterocycles. The molecule has 1 aliphatic heterocycles. The van der Waals surface area contributed by atoms with E-state index < -0.39 is 28.9 Å². The number of rotatable bonds is 4. The van der Waals surface area contributed by atoms with Crippen molar-refractivity contribution in [1.82, 2.24) is 10.2 Å². The third-order valence-corrected chi connectivity index (χ3v) is 6.73. The molecule has 2 amide bonds. The maximum atomic E-state index is 15.2. The van der Waals surface area contributed by atoms with Crippen molar-refractivity contribution in [2.45, 2.75) is 68.2 Å². The molecule has 3 fully saturated rings. The van der Waals surface area contributed by atoms with Gasteiger partial charge in [-0.15, -0.1) is 0 Å². The summed E-state index contributed by atoms with van der Waals surface area (Å²) in [6, 6.07) is 3.14. The Morgan fingerprint density at radius 1 is 1.32 bits per heavy atom. The average Bonchev–Trinajstić information content (AvgIpc) is 3.49. The summed E-state index contributed by atoms with van der Waals surface area (Å²) < 4.78 is 29.6. The van der Waals surface area contributed by atoms with E-state index in [4.69, 9.17) is 0 Å². The molecule has 2 N–H and O–H groups in total. The van der Waals surface area contributed by atoms with Crippen LogP contribution in [0.2, 0.25) is 0 Å². The summed E-state index contributed by atoms with van der Waals surface area (Å²) in [5, 5.41) is 12.6. The Kier molecular flexibility index (Phi) is 3.70. The van der Waals surface area contributed by atoms with E-state index >= 15 is 4.39 Å². The molecule has 0 saturated heterocycles. The fraction of sp³-hybridized carbons (Fsp3) is 0.619. The maximum absolute atomic E-state index is 15.2. The van der Waals surface area contributed by atoms with Gasteiger partial charge >= 0.3 is 0 Å². The van der Waals surface area contributed by atoms with Gasteiger partial charge in [-0.05, 0) is 56.6 Å². The topological polar surface area (TPSA) is 69.6 Å². The van der Waals surface area contributed by atoms with E-state index in [9.17, 15) is 19.1 Å². The highest BCUT2D eigenvalue weighted by Crippen LogP contribution is 2.56. The molecular weight excluding hydrogens is 366 g/mol. The van der Waals surface area contributed by atoms with Gasteiger partial charge in [0.2, 0.25) is 5.91 Å². The number of nitrogens with one attached hydrogen (secondary N) is 1. The van der Waals surface area contributed by atoms with Crippen LogP contribution >= 0.6 is 0 Å². The van der Waals surface area contributed by atoms with Gasteiger partial charge in [-0.25, -0.2) is 8.78 Å². The summed E-state index contributed by atoms with van der Waals surface area (Å²) in [6.07, 6.45) is 1.78. The first-order valence-corrected chi connectivity index (χ1v) is 9.98. The average molecular weight is 390 g/mol. The van der Waals surface area contributed by atoms with Gasteiger partial charge in [-0.1, -0.05) is 6.07 Å². The molecule has 28 heavy (non-hydrogen) atoms. The normalized spacial score (nSPS) is 36.1. The van der Waals surface area contributed by atoms with Crippen molar-refractivity contribution in [2.24, 2.45) is 0 Å². The molecule has 7 heteroatoms. The van der Waals surface area contributed by atoms with Crippen LogP contribution in [0.4, 0.5) is 8.78 Å². The van der Waals surface area contributed by atoms with Crippen molar-refractivity contribution < 1.29 is 23.5 Å². The number of aliphatic hydroxyl groups is 1. The summed E-state index contributed by atoms with van der Waals surface area (Å²) in [5.41, 5.74) is -0.769. The minimum absolute atomic E-state index is 0.0286. The van der Waals surface area contributed by atoms with Gasteiger partial charge in [0.15, 0.2) is 0 Å². The largest absolute Gasteiger partial charge is 0.390 e. The molecule has 0 radical (unpaired) electrons. The Hall–Kier alpha value is -2.02. The summed E-state index contributed by atoms with van der Waals surface area (Å²) in [6.45, 7) is 1.56. The number of fused-ring (bicyclic) bond motifs is 2. The Bertz CT molecular complexity index is 875. The Labute approximate surface area is 162 Å². The quantitative estimate of drug-likeness (QED) is 0.828. The molecule has 4 aliphatic rings. The highest BCUT2D eigenvalue weighted by Gasteiger charge is 2.62. The molecule has 1 aromatic carbocycles. The first kappa shape index (κ1) is 18.0. The zero-order valence-corrected chi connectivity index (χ0v) is 15.8. The van der Waals surface area contributed by atoms with Crippen molar-refractivity contribution in [3.05, 3.63) is 34.6 Å². The predicted molar refractivity (Wildman–Crippen MR) is 97.3 cm³/mol. The number of hydrogen-bond donors (Lipinski definition) is 2. The zero-order valence-electron chi connectivity index (χ0n) is 15.8.